The lowest BCUT2D eigenvalue weighted by Crippen LogP contribution is -2.36. The lowest BCUT2D eigenvalue weighted by molar-refractivity contribution is -0.118. The molecule has 2 aliphatic rings. The van der Waals surface area contributed by atoms with E-state index >= 15 is 0 Å². The molecule has 0 radical (unpaired) electrons. The molecule has 1 aliphatic carbocycles. The molecule has 1 unspecified atom stereocenters. The van der Waals surface area contributed by atoms with Crippen LogP contribution in [0.15, 0.2) is 53.7 Å². The number of halogens is 3. The predicted octanol–water partition coefficient (Wildman–Crippen LogP) is 6.56. The van der Waals surface area contributed by atoms with Crippen LogP contribution in [0.1, 0.15) is 38.3 Å². The molecule has 158 valence electrons. The maximum atomic E-state index is 13.3. The minimum absolute atomic E-state index is 0.0743. The minimum atomic E-state index is -0.513. The third-order valence-electron chi connectivity index (χ3n) is 5.69. The molecule has 0 saturated heterocycles. The molecule has 0 amide bonds. The van der Waals surface area contributed by atoms with Crippen LogP contribution in [0, 0.1) is 5.41 Å². The second kappa shape index (κ2) is 7.37. The lowest BCUT2D eigenvalue weighted by atomic mass is 9.73. The van der Waals surface area contributed by atoms with Crippen LogP contribution in [0.25, 0.3) is 11.4 Å². The summed E-state index contributed by atoms with van der Waals surface area (Å²) in [6, 6.07) is 12.3. The molecular formula is C23H19Cl3N4O. The monoisotopic (exact) mass is 472 g/mol. The topological polar surface area (TPSA) is 59.8 Å². The van der Waals surface area contributed by atoms with E-state index in [-0.39, 0.29) is 11.2 Å². The molecule has 31 heavy (non-hydrogen) atoms. The number of nitrogens with one attached hydrogen (secondary N) is 1. The minimum Gasteiger partial charge on any atom is -0.328 e. The van der Waals surface area contributed by atoms with Crippen molar-refractivity contribution in [2.24, 2.45) is 5.41 Å². The van der Waals surface area contributed by atoms with Gasteiger partial charge in [-0.05, 0) is 30.0 Å². The number of fused-ring (bicyclic) bond motifs is 1. The van der Waals surface area contributed by atoms with Crippen LogP contribution < -0.4 is 5.32 Å². The largest absolute Gasteiger partial charge is 0.328 e. The second-order valence-corrected chi connectivity index (χ2v) is 9.94. The van der Waals surface area contributed by atoms with Crippen LogP contribution in [0.4, 0.5) is 5.95 Å². The van der Waals surface area contributed by atoms with Crippen LogP contribution in [0.2, 0.25) is 15.1 Å². The molecule has 8 heteroatoms. The molecule has 1 N–H and O–H groups in total. The highest BCUT2D eigenvalue weighted by atomic mass is 35.5. The van der Waals surface area contributed by atoms with E-state index in [1.807, 2.05) is 30.3 Å². The zero-order chi connectivity index (χ0) is 21.9. The van der Waals surface area contributed by atoms with Crippen molar-refractivity contribution in [2.75, 3.05) is 5.32 Å². The third-order valence-corrected chi connectivity index (χ3v) is 6.76. The van der Waals surface area contributed by atoms with Crippen molar-refractivity contribution in [3.05, 3.63) is 74.4 Å². The van der Waals surface area contributed by atoms with E-state index < -0.39 is 6.04 Å². The van der Waals surface area contributed by atoms with Gasteiger partial charge in [0.05, 0.1) is 10.0 Å². The molecule has 1 atom stereocenters. The highest BCUT2D eigenvalue weighted by Crippen LogP contribution is 2.47. The van der Waals surface area contributed by atoms with Crippen molar-refractivity contribution >= 4 is 46.5 Å². The zero-order valence-corrected chi connectivity index (χ0v) is 19.2. The van der Waals surface area contributed by atoms with Crippen molar-refractivity contribution in [1.82, 2.24) is 14.8 Å². The quantitative estimate of drug-likeness (QED) is 0.457. The van der Waals surface area contributed by atoms with Crippen LogP contribution in [0.3, 0.4) is 0 Å². The first-order valence-corrected chi connectivity index (χ1v) is 11.1. The number of carbonyl (C=O) groups is 1. The molecule has 2 heterocycles. The fraction of sp³-hybridized carbons (Fsp3) is 0.261. The zero-order valence-electron chi connectivity index (χ0n) is 16.9. The van der Waals surface area contributed by atoms with Gasteiger partial charge in [0.2, 0.25) is 5.95 Å². The number of hydrogen-bond donors (Lipinski definition) is 1. The van der Waals surface area contributed by atoms with E-state index in [0.29, 0.717) is 38.8 Å². The number of benzene rings is 2. The molecule has 0 spiro atoms. The molecular weight excluding hydrogens is 455 g/mol. The van der Waals surface area contributed by atoms with Crippen LogP contribution in [-0.2, 0) is 4.79 Å². The average molecular weight is 474 g/mol. The fourth-order valence-electron chi connectivity index (χ4n) is 4.38. The Morgan fingerprint density at radius 2 is 1.87 bits per heavy atom. The summed E-state index contributed by atoms with van der Waals surface area (Å²) in [7, 11) is 0. The van der Waals surface area contributed by atoms with Gasteiger partial charge in [-0.25, -0.2) is 4.68 Å². The van der Waals surface area contributed by atoms with Gasteiger partial charge in [0, 0.05) is 33.8 Å². The number of aromatic nitrogens is 3. The number of nitrogens with zero attached hydrogens (tertiary/aromatic N) is 3. The van der Waals surface area contributed by atoms with Gasteiger partial charge in [-0.1, -0.05) is 72.9 Å². The Labute approximate surface area is 195 Å². The summed E-state index contributed by atoms with van der Waals surface area (Å²) in [5.74, 6) is 1.14. The SMILES string of the molecule is CC1(C)CC(=O)C2=C(C1)Nc1nc(-c3cccc(Cl)c3)nn1C2c1cccc(Cl)c1Cl. The van der Waals surface area contributed by atoms with Crippen LogP contribution >= 0.6 is 34.8 Å². The Balaban J connectivity index is 1.72. The highest BCUT2D eigenvalue weighted by molar-refractivity contribution is 6.42. The molecule has 1 aromatic heterocycles. The summed E-state index contributed by atoms with van der Waals surface area (Å²) in [6.45, 7) is 4.18. The van der Waals surface area contributed by atoms with Gasteiger partial charge in [-0.3, -0.25) is 4.79 Å². The van der Waals surface area contributed by atoms with E-state index in [9.17, 15) is 4.79 Å². The first-order chi connectivity index (χ1) is 14.7. The average Bonchev–Trinajstić information content (AvgIpc) is 3.11. The van der Waals surface area contributed by atoms with Gasteiger partial charge in [0.25, 0.3) is 0 Å². The molecule has 3 aromatic rings. The number of Topliss-reactive ketones (excluding diaryl/α,β-unsaturated/α-hetero) is 1. The Kier molecular flexibility index (Phi) is 4.88. The Hall–Kier alpha value is -2.34. The van der Waals surface area contributed by atoms with Gasteiger partial charge >= 0.3 is 0 Å². The number of allylic oxidation sites excluding steroid dienone is 2. The van der Waals surface area contributed by atoms with Gasteiger partial charge in [-0.15, -0.1) is 5.10 Å². The second-order valence-electron chi connectivity index (χ2n) is 8.72. The molecule has 0 bridgehead atoms. The van der Waals surface area contributed by atoms with Crippen molar-refractivity contribution in [2.45, 2.75) is 32.7 Å². The first-order valence-electron chi connectivity index (χ1n) is 9.93. The van der Waals surface area contributed by atoms with Gasteiger partial charge in [-0.2, -0.15) is 4.98 Å². The van der Waals surface area contributed by atoms with Gasteiger partial charge in [0.15, 0.2) is 11.6 Å². The van der Waals surface area contributed by atoms with Crippen LogP contribution in [0.5, 0.6) is 0 Å². The number of anilines is 1. The summed E-state index contributed by atoms with van der Waals surface area (Å²) in [4.78, 5) is 18.0. The number of ketones is 1. The molecule has 5 rings (SSSR count). The van der Waals surface area contributed by atoms with Gasteiger partial charge in [0.1, 0.15) is 6.04 Å². The normalized spacial score (nSPS) is 19.6. The lowest BCUT2D eigenvalue weighted by Gasteiger charge is -2.38. The molecule has 0 saturated carbocycles. The molecule has 2 aromatic carbocycles. The number of hydrogen-bond acceptors (Lipinski definition) is 4. The smallest absolute Gasteiger partial charge is 0.226 e. The summed E-state index contributed by atoms with van der Waals surface area (Å²) < 4.78 is 1.73. The predicted molar refractivity (Wildman–Crippen MR) is 124 cm³/mol. The number of carbonyl (C=O) groups excluding carboxylic acids is 1. The highest BCUT2D eigenvalue weighted by Gasteiger charge is 2.42. The van der Waals surface area contributed by atoms with E-state index in [1.165, 1.54) is 0 Å². The fourth-order valence-corrected chi connectivity index (χ4v) is 4.98. The van der Waals surface area contributed by atoms with E-state index in [1.54, 1.807) is 16.8 Å². The summed E-state index contributed by atoms with van der Waals surface area (Å²) >= 11 is 19.1. The van der Waals surface area contributed by atoms with E-state index in [4.69, 9.17) is 44.9 Å². The van der Waals surface area contributed by atoms with Crippen molar-refractivity contribution in [3.63, 3.8) is 0 Å². The van der Waals surface area contributed by atoms with Crippen molar-refractivity contribution in [3.8, 4) is 11.4 Å². The molecule has 1 aliphatic heterocycles. The maximum absolute atomic E-state index is 13.3. The molecule has 5 nitrogen and oxygen atoms in total. The third kappa shape index (κ3) is 3.55. The van der Waals surface area contributed by atoms with Crippen LogP contribution in [-0.4, -0.2) is 20.5 Å². The first kappa shape index (κ1) is 20.6. The van der Waals surface area contributed by atoms with Crippen molar-refractivity contribution < 1.29 is 4.79 Å². The Morgan fingerprint density at radius 3 is 2.65 bits per heavy atom. The Bertz CT molecular complexity index is 1260. The number of rotatable bonds is 2. The van der Waals surface area contributed by atoms with E-state index in [2.05, 4.69) is 19.2 Å². The van der Waals surface area contributed by atoms with E-state index in [0.717, 1.165) is 23.2 Å². The Morgan fingerprint density at radius 1 is 1.10 bits per heavy atom. The van der Waals surface area contributed by atoms with Gasteiger partial charge < -0.3 is 5.32 Å². The standard InChI is InChI=1S/C23H19Cl3N4O/c1-23(2)10-16-18(17(31)11-23)20(14-7-4-8-15(25)19(14)26)30-22(27-16)28-21(29-30)12-5-3-6-13(24)9-12/h3-9,20H,10-11H2,1-2H3,(H,27,28,29). The summed E-state index contributed by atoms with van der Waals surface area (Å²) in [6.07, 6.45) is 1.18. The summed E-state index contributed by atoms with van der Waals surface area (Å²) in [5, 5.41) is 9.55. The molecule has 0 fully saturated rings. The maximum Gasteiger partial charge on any atom is 0.226 e. The summed E-state index contributed by atoms with van der Waals surface area (Å²) in [5.41, 5.74) is 2.89. The van der Waals surface area contributed by atoms with Crippen molar-refractivity contribution in [1.29, 1.82) is 0 Å².